The van der Waals surface area contributed by atoms with Gasteiger partial charge in [0, 0.05) is 17.7 Å². The first-order chi connectivity index (χ1) is 14.0. The molecule has 0 aliphatic carbocycles. The Bertz CT molecular complexity index is 1170. The van der Waals surface area contributed by atoms with Gasteiger partial charge in [-0.1, -0.05) is 47.6 Å². The highest BCUT2D eigenvalue weighted by atomic mass is 16.6. The first kappa shape index (κ1) is 18.0. The predicted molar refractivity (Wildman–Crippen MR) is 98.1 cm³/mol. The van der Waals surface area contributed by atoms with Crippen LogP contribution in [-0.4, -0.2) is 42.0 Å². The summed E-state index contributed by atoms with van der Waals surface area (Å²) in [5.74, 6) is -1.94. The van der Waals surface area contributed by atoms with E-state index in [9.17, 15) is 24.8 Å². The number of carbonyl (C=O) groups excluding carboxylic acids is 1. The highest BCUT2D eigenvalue weighted by Gasteiger charge is 2.38. The van der Waals surface area contributed by atoms with Gasteiger partial charge >= 0.3 is 5.97 Å². The zero-order valence-corrected chi connectivity index (χ0v) is 14.6. The number of carboxylic acids is 1. The first-order valence-corrected chi connectivity index (χ1v) is 8.34. The molecule has 29 heavy (non-hydrogen) atoms. The Morgan fingerprint density at radius 2 is 1.90 bits per heavy atom. The number of anilines is 1. The van der Waals surface area contributed by atoms with Crippen molar-refractivity contribution in [3.05, 3.63) is 87.1 Å². The number of ketones is 1. The van der Waals surface area contributed by atoms with E-state index >= 15 is 0 Å². The number of allylic oxidation sites excluding steroid dienone is 1. The van der Waals surface area contributed by atoms with E-state index in [2.05, 4.69) is 20.8 Å². The molecule has 1 unspecified atom stereocenters. The molecule has 0 saturated carbocycles. The molecule has 2 N–H and O–H groups in total. The smallest absolute Gasteiger partial charge is 0.352 e. The second-order valence-corrected chi connectivity index (χ2v) is 6.12. The monoisotopic (exact) mass is 392 g/mol. The minimum Gasteiger partial charge on any atom is -0.477 e. The van der Waals surface area contributed by atoms with Gasteiger partial charge < -0.3 is 10.4 Å². The number of benzene rings is 2. The molecule has 1 atom stereocenters. The second-order valence-electron chi connectivity index (χ2n) is 6.12. The van der Waals surface area contributed by atoms with Crippen molar-refractivity contribution in [3.63, 3.8) is 0 Å². The summed E-state index contributed by atoms with van der Waals surface area (Å²) in [4.78, 5) is 35.8. The fraction of sp³-hybridized carbons (Fsp3) is 0.0556. The number of Topliss-reactive ketones (excluding diaryl/α,β-unsaturated/α-hetero) is 1. The van der Waals surface area contributed by atoms with E-state index in [4.69, 9.17) is 0 Å². The van der Waals surface area contributed by atoms with Gasteiger partial charge in [0.1, 0.15) is 11.7 Å². The third-order valence-electron chi connectivity index (χ3n) is 4.41. The molecule has 0 fully saturated rings. The van der Waals surface area contributed by atoms with Crippen molar-refractivity contribution >= 4 is 23.4 Å². The lowest BCUT2D eigenvalue weighted by atomic mass is 9.89. The lowest BCUT2D eigenvalue weighted by Crippen LogP contribution is -2.32. The van der Waals surface area contributed by atoms with Gasteiger partial charge in [-0.2, -0.15) is 4.68 Å². The van der Waals surface area contributed by atoms with Crippen molar-refractivity contribution in [2.24, 2.45) is 0 Å². The number of hydrogen-bond acceptors (Lipinski definition) is 8. The van der Waals surface area contributed by atoms with Crippen molar-refractivity contribution in [2.75, 3.05) is 5.32 Å². The van der Waals surface area contributed by atoms with Crippen LogP contribution in [0.5, 0.6) is 0 Å². The van der Waals surface area contributed by atoms with Crippen LogP contribution in [0.4, 0.5) is 11.6 Å². The standard InChI is InChI=1S/C18H12N6O5/c25-16(10-5-2-1-3-6-10)13-14(17(26)27)19-18-20-21-22-23(18)15(13)11-7-4-8-12(9-11)24(28)29/h1-9,15H,(H,26,27)(H,19,20,22). The van der Waals surface area contributed by atoms with Gasteiger partial charge in [0.25, 0.3) is 5.69 Å². The second kappa shape index (κ2) is 6.96. The van der Waals surface area contributed by atoms with Crippen LogP contribution in [0.2, 0.25) is 0 Å². The molecule has 0 radical (unpaired) electrons. The predicted octanol–water partition coefficient (Wildman–Crippen LogP) is 1.82. The van der Waals surface area contributed by atoms with Crippen LogP contribution in [0.1, 0.15) is 22.0 Å². The number of carbonyl (C=O) groups is 2. The summed E-state index contributed by atoms with van der Waals surface area (Å²) >= 11 is 0. The Morgan fingerprint density at radius 1 is 1.14 bits per heavy atom. The SMILES string of the molecule is O=C(O)C1=C(C(=O)c2ccccc2)C(c2cccc([N+](=O)[O-])c2)n2nnnc2N1. The number of nitro groups is 1. The topological polar surface area (TPSA) is 153 Å². The molecule has 1 aliphatic heterocycles. The quantitative estimate of drug-likeness (QED) is 0.376. The summed E-state index contributed by atoms with van der Waals surface area (Å²) in [6.45, 7) is 0. The number of tetrazole rings is 1. The zero-order valence-electron chi connectivity index (χ0n) is 14.6. The van der Waals surface area contributed by atoms with E-state index in [-0.39, 0.29) is 22.8 Å². The summed E-state index contributed by atoms with van der Waals surface area (Å²) in [6.07, 6.45) is 0. The molecule has 11 nitrogen and oxygen atoms in total. The molecule has 2 aromatic carbocycles. The number of hydrogen-bond donors (Lipinski definition) is 2. The maximum Gasteiger partial charge on any atom is 0.352 e. The fourth-order valence-corrected chi connectivity index (χ4v) is 3.16. The number of aliphatic carboxylic acids is 1. The van der Waals surface area contributed by atoms with Crippen LogP contribution in [0.25, 0.3) is 0 Å². The zero-order chi connectivity index (χ0) is 20.5. The lowest BCUT2D eigenvalue weighted by molar-refractivity contribution is -0.384. The van der Waals surface area contributed by atoms with Gasteiger partial charge in [-0.3, -0.25) is 14.9 Å². The molecule has 144 valence electrons. The highest BCUT2D eigenvalue weighted by molar-refractivity contribution is 6.14. The van der Waals surface area contributed by atoms with Crippen LogP contribution < -0.4 is 5.32 Å². The van der Waals surface area contributed by atoms with Crippen LogP contribution in [-0.2, 0) is 4.79 Å². The summed E-state index contributed by atoms with van der Waals surface area (Å²) < 4.78 is 1.22. The van der Waals surface area contributed by atoms with Gasteiger partial charge in [-0.15, -0.1) is 0 Å². The van der Waals surface area contributed by atoms with E-state index in [1.807, 2.05) is 0 Å². The van der Waals surface area contributed by atoms with E-state index in [1.165, 1.54) is 22.9 Å². The molecule has 1 aliphatic rings. The largest absolute Gasteiger partial charge is 0.477 e. The molecule has 2 heterocycles. The maximum absolute atomic E-state index is 13.3. The summed E-state index contributed by atoms with van der Waals surface area (Å²) in [7, 11) is 0. The fourth-order valence-electron chi connectivity index (χ4n) is 3.16. The highest BCUT2D eigenvalue weighted by Crippen LogP contribution is 2.37. The third-order valence-corrected chi connectivity index (χ3v) is 4.41. The molecule has 3 aromatic rings. The number of non-ortho nitro benzene ring substituents is 1. The maximum atomic E-state index is 13.3. The van der Waals surface area contributed by atoms with Crippen LogP contribution in [0.15, 0.2) is 65.9 Å². The minimum absolute atomic E-state index is 0.00326. The van der Waals surface area contributed by atoms with Crippen molar-refractivity contribution < 1.29 is 19.6 Å². The molecule has 1 aromatic heterocycles. The first-order valence-electron chi connectivity index (χ1n) is 8.34. The Balaban J connectivity index is 1.96. The Hall–Kier alpha value is -4.41. The van der Waals surface area contributed by atoms with Gasteiger partial charge in [-0.25, -0.2) is 4.79 Å². The number of nitrogens with zero attached hydrogens (tertiary/aromatic N) is 5. The van der Waals surface area contributed by atoms with E-state index < -0.39 is 28.4 Å². The summed E-state index contributed by atoms with van der Waals surface area (Å²) in [5, 5.41) is 34.6. The molecule has 0 bridgehead atoms. The average Bonchev–Trinajstić information content (AvgIpc) is 3.21. The van der Waals surface area contributed by atoms with E-state index in [1.54, 1.807) is 36.4 Å². The van der Waals surface area contributed by atoms with E-state index in [0.29, 0.717) is 5.56 Å². The lowest BCUT2D eigenvalue weighted by Gasteiger charge is -2.27. The van der Waals surface area contributed by atoms with Crippen LogP contribution >= 0.6 is 0 Å². The van der Waals surface area contributed by atoms with E-state index in [0.717, 1.165) is 0 Å². The van der Waals surface area contributed by atoms with Crippen molar-refractivity contribution in [1.29, 1.82) is 0 Å². The average molecular weight is 392 g/mol. The molecule has 0 saturated heterocycles. The van der Waals surface area contributed by atoms with Crippen molar-refractivity contribution in [2.45, 2.75) is 6.04 Å². The summed E-state index contributed by atoms with van der Waals surface area (Å²) in [6, 6.07) is 12.6. The molecular weight excluding hydrogens is 380 g/mol. The third kappa shape index (κ3) is 3.10. The number of nitrogens with one attached hydrogen (secondary N) is 1. The molecular formula is C18H12N6O5. The van der Waals surface area contributed by atoms with Crippen LogP contribution in [0.3, 0.4) is 0 Å². The molecule has 0 amide bonds. The number of nitro benzene ring substituents is 1. The Kier molecular flexibility index (Phi) is 4.31. The number of rotatable bonds is 5. The number of carboxylic acid groups (broad SMARTS) is 1. The number of aromatic nitrogens is 4. The van der Waals surface area contributed by atoms with Gasteiger partial charge in [-0.05, 0) is 16.0 Å². The van der Waals surface area contributed by atoms with Gasteiger partial charge in [0.15, 0.2) is 5.78 Å². The van der Waals surface area contributed by atoms with Crippen LogP contribution in [0, 0.1) is 10.1 Å². The Morgan fingerprint density at radius 3 is 2.59 bits per heavy atom. The molecule has 0 spiro atoms. The minimum atomic E-state index is -1.38. The van der Waals surface area contributed by atoms with Crippen molar-refractivity contribution in [3.8, 4) is 0 Å². The van der Waals surface area contributed by atoms with Gasteiger partial charge in [0.2, 0.25) is 5.95 Å². The van der Waals surface area contributed by atoms with Gasteiger partial charge in [0.05, 0.1) is 10.5 Å². The summed E-state index contributed by atoms with van der Waals surface area (Å²) in [5.41, 5.74) is -0.178. The van der Waals surface area contributed by atoms with Crippen molar-refractivity contribution in [1.82, 2.24) is 20.2 Å². The Labute approximate surface area is 162 Å². The number of fused-ring (bicyclic) bond motifs is 1. The molecule has 11 heteroatoms. The molecule has 4 rings (SSSR count). The normalized spacial score (nSPS) is 15.4.